The van der Waals surface area contributed by atoms with E-state index >= 15 is 0 Å². The number of rotatable bonds is 2. The van der Waals surface area contributed by atoms with Crippen LogP contribution in [-0.4, -0.2) is 5.91 Å². The first-order valence-electron chi connectivity index (χ1n) is 5.81. The summed E-state index contributed by atoms with van der Waals surface area (Å²) in [5.41, 5.74) is 3.79. The summed E-state index contributed by atoms with van der Waals surface area (Å²) < 4.78 is 51.9. The van der Waals surface area contributed by atoms with Crippen molar-refractivity contribution >= 4 is 17.3 Å². The van der Waals surface area contributed by atoms with E-state index in [-0.39, 0.29) is 5.69 Å². The number of anilines is 2. The van der Waals surface area contributed by atoms with E-state index in [4.69, 9.17) is 5.73 Å². The molecule has 7 heteroatoms. The predicted molar refractivity (Wildman–Crippen MR) is 70.2 cm³/mol. The molecule has 0 aromatic heterocycles. The first kappa shape index (κ1) is 14.8. The van der Waals surface area contributed by atoms with Gasteiger partial charge in [-0.25, -0.2) is 4.39 Å². The summed E-state index contributed by atoms with van der Waals surface area (Å²) >= 11 is 0. The van der Waals surface area contributed by atoms with Crippen LogP contribution < -0.4 is 11.1 Å². The number of nitrogen functional groups attached to an aromatic ring is 1. The summed E-state index contributed by atoms with van der Waals surface area (Å²) in [6, 6.07) is 8.43. The zero-order valence-electron chi connectivity index (χ0n) is 10.5. The Morgan fingerprint density at radius 3 is 2.24 bits per heavy atom. The summed E-state index contributed by atoms with van der Waals surface area (Å²) in [6.45, 7) is 0. The van der Waals surface area contributed by atoms with Crippen molar-refractivity contribution in [1.29, 1.82) is 0 Å². The molecule has 0 heterocycles. The van der Waals surface area contributed by atoms with Crippen LogP contribution in [0.2, 0.25) is 0 Å². The molecule has 2 rings (SSSR count). The number of benzene rings is 2. The van der Waals surface area contributed by atoms with Crippen molar-refractivity contribution in [2.75, 3.05) is 11.1 Å². The van der Waals surface area contributed by atoms with Crippen LogP contribution in [0.1, 0.15) is 15.9 Å². The summed E-state index contributed by atoms with van der Waals surface area (Å²) in [4.78, 5) is 11.9. The van der Waals surface area contributed by atoms with Crippen molar-refractivity contribution in [1.82, 2.24) is 0 Å². The predicted octanol–water partition coefficient (Wildman–Crippen LogP) is 3.68. The average Bonchev–Trinajstić information content (AvgIpc) is 2.39. The molecule has 1 amide bonds. The zero-order chi connectivity index (χ0) is 15.6. The highest BCUT2D eigenvalue weighted by atomic mass is 19.4. The van der Waals surface area contributed by atoms with Gasteiger partial charge in [0.1, 0.15) is 11.4 Å². The number of hydrogen-bond acceptors (Lipinski definition) is 2. The molecule has 0 radical (unpaired) electrons. The monoisotopic (exact) mass is 298 g/mol. The largest absolute Gasteiger partial charge is 0.420 e. The lowest BCUT2D eigenvalue weighted by molar-refractivity contribution is -0.140. The number of hydrogen-bond donors (Lipinski definition) is 2. The molecule has 3 nitrogen and oxygen atoms in total. The molecule has 0 saturated carbocycles. The van der Waals surface area contributed by atoms with Crippen LogP contribution in [0.4, 0.5) is 28.9 Å². The van der Waals surface area contributed by atoms with Gasteiger partial charge >= 0.3 is 6.18 Å². The molecule has 0 fully saturated rings. The average molecular weight is 298 g/mol. The molecule has 110 valence electrons. The minimum atomic E-state index is -4.96. The van der Waals surface area contributed by atoms with Crippen LogP contribution in [0.5, 0.6) is 0 Å². The number of halogens is 4. The Kier molecular flexibility index (Phi) is 3.84. The molecule has 2 aromatic rings. The summed E-state index contributed by atoms with van der Waals surface area (Å²) in [6.07, 6.45) is -4.96. The van der Waals surface area contributed by atoms with E-state index in [1.807, 2.05) is 0 Å². The Bertz CT molecular complexity index is 666. The van der Waals surface area contributed by atoms with Crippen LogP contribution in [0, 0.1) is 5.82 Å². The van der Waals surface area contributed by atoms with Gasteiger partial charge in [0.25, 0.3) is 5.91 Å². The van der Waals surface area contributed by atoms with E-state index in [0.717, 1.165) is 12.1 Å². The molecule has 0 unspecified atom stereocenters. The molecule has 2 aromatic carbocycles. The molecule has 0 saturated heterocycles. The highest BCUT2D eigenvalue weighted by molar-refractivity contribution is 6.05. The SMILES string of the molecule is Nc1ccc(NC(=O)c2cccc(F)c2C(F)(F)F)cc1. The maximum Gasteiger partial charge on any atom is 0.420 e. The van der Waals surface area contributed by atoms with E-state index < -0.39 is 29.0 Å². The van der Waals surface area contributed by atoms with Gasteiger partial charge in [-0.1, -0.05) is 6.07 Å². The topological polar surface area (TPSA) is 55.1 Å². The van der Waals surface area contributed by atoms with E-state index in [2.05, 4.69) is 5.32 Å². The molecular formula is C14H10F4N2O. The highest BCUT2D eigenvalue weighted by Gasteiger charge is 2.38. The normalized spacial score (nSPS) is 11.2. The minimum absolute atomic E-state index is 0.256. The van der Waals surface area contributed by atoms with Crippen LogP contribution in [0.25, 0.3) is 0 Å². The molecule has 0 aliphatic heterocycles. The Labute approximate surface area is 117 Å². The molecule has 0 bridgehead atoms. The third-order valence-corrected chi connectivity index (χ3v) is 2.71. The lowest BCUT2D eigenvalue weighted by Crippen LogP contribution is -2.20. The number of amides is 1. The first-order chi connectivity index (χ1) is 9.79. The van der Waals surface area contributed by atoms with Crippen LogP contribution in [-0.2, 0) is 6.18 Å². The van der Waals surface area contributed by atoms with Gasteiger partial charge in [-0.05, 0) is 36.4 Å². The smallest absolute Gasteiger partial charge is 0.399 e. The fourth-order valence-corrected chi connectivity index (χ4v) is 1.77. The van der Waals surface area contributed by atoms with E-state index in [9.17, 15) is 22.4 Å². The van der Waals surface area contributed by atoms with Crippen molar-refractivity contribution in [3.8, 4) is 0 Å². The molecule has 0 atom stereocenters. The summed E-state index contributed by atoms with van der Waals surface area (Å²) in [5.74, 6) is -2.54. The van der Waals surface area contributed by atoms with Crippen molar-refractivity contribution in [2.45, 2.75) is 6.18 Å². The fraction of sp³-hybridized carbons (Fsp3) is 0.0714. The number of carbonyl (C=O) groups is 1. The second kappa shape index (κ2) is 5.43. The molecular weight excluding hydrogens is 288 g/mol. The minimum Gasteiger partial charge on any atom is -0.399 e. The summed E-state index contributed by atoms with van der Waals surface area (Å²) in [7, 11) is 0. The number of nitrogens with one attached hydrogen (secondary N) is 1. The zero-order valence-corrected chi connectivity index (χ0v) is 10.5. The van der Waals surface area contributed by atoms with Crippen molar-refractivity contribution in [3.63, 3.8) is 0 Å². The Hall–Kier alpha value is -2.57. The lowest BCUT2D eigenvalue weighted by atomic mass is 10.1. The van der Waals surface area contributed by atoms with E-state index in [0.29, 0.717) is 11.8 Å². The quantitative estimate of drug-likeness (QED) is 0.656. The molecule has 0 aliphatic carbocycles. The molecule has 3 N–H and O–H groups in total. The molecule has 21 heavy (non-hydrogen) atoms. The van der Waals surface area contributed by atoms with Gasteiger partial charge < -0.3 is 11.1 Å². The van der Waals surface area contributed by atoms with Gasteiger partial charge in [0.15, 0.2) is 0 Å². The Balaban J connectivity index is 2.36. The fourth-order valence-electron chi connectivity index (χ4n) is 1.77. The van der Waals surface area contributed by atoms with E-state index in [1.54, 1.807) is 0 Å². The van der Waals surface area contributed by atoms with Crippen LogP contribution in [0.15, 0.2) is 42.5 Å². The van der Waals surface area contributed by atoms with Crippen LogP contribution in [0.3, 0.4) is 0 Å². The Morgan fingerprint density at radius 2 is 1.67 bits per heavy atom. The van der Waals surface area contributed by atoms with Gasteiger partial charge in [0.05, 0.1) is 5.56 Å². The van der Waals surface area contributed by atoms with Crippen molar-refractivity contribution in [2.24, 2.45) is 0 Å². The second-order valence-electron chi connectivity index (χ2n) is 4.24. The van der Waals surface area contributed by atoms with Crippen molar-refractivity contribution in [3.05, 3.63) is 59.4 Å². The number of nitrogens with two attached hydrogens (primary N) is 1. The summed E-state index contributed by atoms with van der Waals surface area (Å²) in [5, 5.41) is 2.26. The third-order valence-electron chi connectivity index (χ3n) is 2.71. The van der Waals surface area contributed by atoms with Crippen molar-refractivity contribution < 1.29 is 22.4 Å². The standard InChI is InChI=1S/C14H10F4N2O/c15-11-3-1-2-10(12(11)14(16,17)18)13(21)20-9-6-4-8(19)5-7-9/h1-7H,19H2,(H,20,21). The van der Waals surface area contributed by atoms with Gasteiger partial charge in [0.2, 0.25) is 0 Å². The van der Waals surface area contributed by atoms with Crippen LogP contribution >= 0.6 is 0 Å². The molecule has 0 spiro atoms. The van der Waals surface area contributed by atoms with Gasteiger partial charge in [-0.2, -0.15) is 13.2 Å². The maximum atomic E-state index is 13.4. The number of carbonyl (C=O) groups excluding carboxylic acids is 1. The third kappa shape index (κ3) is 3.31. The lowest BCUT2D eigenvalue weighted by Gasteiger charge is -2.13. The van der Waals surface area contributed by atoms with E-state index in [1.165, 1.54) is 24.3 Å². The van der Waals surface area contributed by atoms with Gasteiger partial charge in [-0.15, -0.1) is 0 Å². The van der Waals surface area contributed by atoms with Gasteiger partial charge in [-0.3, -0.25) is 4.79 Å². The molecule has 0 aliphatic rings. The first-order valence-corrected chi connectivity index (χ1v) is 5.81. The van der Waals surface area contributed by atoms with Gasteiger partial charge in [0, 0.05) is 11.4 Å². The number of alkyl halides is 3. The second-order valence-corrected chi connectivity index (χ2v) is 4.24. The maximum absolute atomic E-state index is 13.4. The highest BCUT2D eigenvalue weighted by Crippen LogP contribution is 2.34. The Morgan fingerprint density at radius 1 is 1.05 bits per heavy atom.